The number of para-hydroxylation sites is 1. The zero-order valence-electron chi connectivity index (χ0n) is 12.1. The molecule has 0 radical (unpaired) electrons. The van der Waals surface area contributed by atoms with E-state index in [1.54, 1.807) is 12.1 Å². The minimum atomic E-state index is -1.11. The first-order valence-corrected chi connectivity index (χ1v) is 10.2. The third-order valence-electron chi connectivity index (χ3n) is 2.58. The number of aromatic hydroxyl groups is 2. The van der Waals surface area contributed by atoms with Gasteiger partial charge in [0.25, 0.3) is 0 Å². The van der Waals surface area contributed by atoms with Crippen molar-refractivity contribution in [1.29, 1.82) is 0 Å². The van der Waals surface area contributed by atoms with E-state index in [0.29, 0.717) is 7.14 Å². The molecule has 4 N–H and O–H groups in total. The third-order valence-corrected chi connectivity index (χ3v) is 8.54. The van der Waals surface area contributed by atoms with E-state index >= 15 is 0 Å². The fourth-order valence-electron chi connectivity index (χ4n) is 1.44. The summed E-state index contributed by atoms with van der Waals surface area (Å²) in [5.41, 5.74) is -0.105. The summed E-state index contributed by atoms with van der Waals surface area (Å²) in [5, 5.41) is 35.9. The number of benzene rings is 2. The molecule has 0 aromatic heterocycles. The normalized spacial score (nSPS) is 9.44. The summed E-state index contributed by atoms with van der Waals surface area (Å²) in [6.45, 7) is 0. The van der Waals surface area contributed by atoms with Crippen LogP contribution in [0.2, 0.25) is 0 Å². The molecule has 0 aliphatic rings. The number of carboxylic acid groups (broad SMARTS) is 2. The van der Waals surface area contributed by atoms with Crippen molar-refractivity contribution >= 4 is 102 Å². The maximum absolute atomic E-state index is 10.7. The SMILES string of the molecule is O=C(O)c1cc(I)c(I)c(I)c1O.O=C(O)c1cccc(I)c1O.[Zn]. The van der Waals surface area contributed by atoms with Gasteiger partial charge in [-0.05, 0) is 109 Å². The standard InChI is InChI=1S/C7H3I3O3.C7H5IO3.Zn/c8-3-1-2(7(12)13)6(11)5(10)4(3)9;8-5-3-1-2-4(6(5)9)7(10)11;/h1,11H,(H,12,13);1-3,9H,(H,10,11);. The molecule has 0 aliphatic carbocycles. The van der Waals surface area contributed by atoms with E-state index in [2.05, 4.69) is 22.6 Å². The van der Waals surface area contributed by atoms with Gasteiger partial charge in [0, 0.05) is 26.6 Å². The second-order valence-corrected chi connectivity index (χ2v) is 8.61. The largest absolute Gasteiger partial charge is 0.506 e. The first-order chi connectivity index (χ1) is 11.1. The quantitative estimate of drug-likeness (QED) is 0.200. The van der Waals surface area contributed by atoms with Gasteiger partial charge in [0.2, 0.25) is 0 Å². The predicted molar refractivity (Wildman–Crippen MR) is 121 cm³/mol. The second kappa shape index (κ2) is 11.4. The van der Waals surface area contributed by atoms with Gasteiger partial charge in [0.05, 0.1) is 7.14 Å². The molecule has 0 fully saturated rings. The van der Waals surface area contributed by atoms with Crippen LogP contribution >= 0.6 is 90.4 Å². The van der Waals surface area contributed by atoms with E-state index < -0.39 is 11.9 Å². The van der Waals surface area contributed by atoms with Gasteiger partial charge in [0.1, 0.15) is 22.6 Å². The van der Waals surface area contributed by atoms with Crippen LogP contribution < -0.4 is 0 Å². The van der Waals surface area contributed by atoms with Gasteiger partial charge in [-0.25, -0.2) is 9.59 Å². The zero-order valence-corrected chi connectivity index (χ0v) is 23.7. The Hall–Kier alpha value is 0.523. The van der Waals surface area contributed by atoms with Crippen molar-refractivity contribution in [3.63, 3.8) is 0 Å². The number of hydrogen-bond donors (Lipinski definition) is 4. The zero-order chi connectivity index (χ0) is 18.6. The Morgan fingerprint density at radius 3 is 1.72 bits per heavy atom. The molecular weight excluding hydrogens is 837 g/mol. The Balaban J connectivity index is 0.000000449. The number of phenols is 2. The number of rotatable bonds is 2. The Morgan fingerprint density at radius 1 is 0.760 bits per heavy atom. The summed E-state index contributed by atoms with van der Waals surface area (Å²) < 4.78 is 2.84. The number of hydrogen-bond acceptors (Lipinski definition) is 4. The Bertz CT molecular complexity index is 812. The Kier molecular flexibility index (Phi) is 11.6. The van der Waals surface area contributed by atoms with Gasteiger partial charge in [-0.3, -0.25) is 0 Å². The topological polar surface area (TPSA) is 115 Å². The molecule has 0 saturated carbocycles. The summed E-state index contributed by atoms with van der Waals surface area (Å²) in [7, 11) is 0. The Labute approximate surface area is 210 Å². The molecule has 0 bridgehead atoms. The first-order valence-electron chi connectivity index (χ1n) is 5.88. The molecule has 11 heteroatoms. The van der Waals surface area contributed by atoms with Gasteiger partial charge < -0.3 is 20.4 Å². The molecule has 2 rings (SSSR count). The van der Waals surface area contributed by atoms with E-state index in [9.17, 15) is 19.8 Å². The van der Waals surface area contributed by atoms with E-state index in [4.69, 9.17) is 10.2 Å². The van der Waals surface area contributed by atoms with Gasteiger partial charge in [0.15, 0.2) is 0 Å². The van der Waals surface area contributed by atoms with Crippen molar-refractivity contribution < 1.29 is 49.5 Å². The first kappa shape index (κ1) is 25.5. The predicted octanol–water partition coefficient (Wildman–Crippen LogP) is 4.60. The van der Waals surface area contributed by atoms with Crippen molar-refractivity contribution in [2.24, 2.45) is 0 Å². The van der Waals surface area contributed by atoms with Gasteiger partial charge in [-0.15, -0.1) is 0 Å². The maximum Gasteiger partial charge on any atom is 0.339 e. The van der Waals surface area contributed by atoms with E-state index in [1.807, 2.05) is 67.8 Å². The molecule has 2 aromatic rings. The molecule has 0 aliphatic heterocycles. The number of aromatic carboxylic acids is 2. The number of carbonyl (C=O) groups is 2. The van der Waals surface area contributed by atoms with Crippen LogP contribution in [0.15, 0.2) is 24.3 Å². The fraction of sp³-hybridized carbons (Fsp3) is 0. The molecule has 0 amide bonds. The van der Waals surface area contributed by atoms with Crippen LogP contribution in [0.4, 0.5) is 0 Å². The van der Waals surface area contributed by atoms with E-state index in [1.165, 1.54) is 12.1 Å². The number of halogens is 4. The molecule has 0 spiro atoms. The van der Waals surface area contributed by atoms with Crippen LogP contribution in [0, 0.1) is 14.3 Å². The summed E-state index contributed by atoms with van der Waals surface area (Å²) in [4.78, 5) is 21.1. The van der Waals surface area contributed by atoms with Crippen molar-refractivity contribution in [2.75, 3.05) is 0 Å². The summed E-state index contributed by atoms with van der Waals surface area (Å²) >= 11 is 7.90. The van der Waals surface area contributed by atoms with Crippen LogP contribution in [0.5, 0.6) is 11.5 Å². The monoisotopic (exact) mass is 844 g/mol. The van der Waals surface area contributed by atoms with Crippen LogP contribution in [0.3, 0.4) is 0 Å². The van der Waals surface area contributed by atoms with Gasteiger partial charge in [-0.2, -0.15) is 0 Å². The number of carboxylic acids is 2. The third kappa shape index (κ3) is 6.88. The minimum absolute atomic E-state index is 0. The van der Waals surface area contributed by atoms with Crippen molar-refractivity contribution in [1.82, 2.24) is 0 Å². The van der Waals surface area contributed by atoms with Gasteiger partial charge in [-0.1, -0.05) is 6.07 Å². The molecule has 2 aromatic carbocycles. The molecule has 25 heavy (non-hydrogen) atoms. The fourth-order valence-corrected chi connectivity index (χ4v) is 4.02. The van der Waals surface area contributed by atoms with E-state index in [-0.39, 0.29) is 42.1 Å². The Morgan fingerprint density at radius 2 is 1.28 bits per heavy atom. The molecule has 0 atom stereocenters. The molecule has 0 unspecified atom stereocenters. The molecule has 0 heterocycles. The molecule has 0 saturated heterocycles. The maximum atomic E-state index is 10.7. The van der Waals surface area contributed by atoms with Crippen LogP contribution in [0.25, 0.3) is 0 Å². The van der Waals surface area contributed by atoms with Crippen molar-refractivity contribution in [2.45, 2.75) is 0 Å². The van der Waals surface area contributed by atoms with Crippen LogP contribution in [-0.2, 0) is 19.5 Å². The summed E-state index contributed by atoms with van der Waals surface area (Å²) in [6, 6.07) is 6.05. The minimum Gasteiger partial charge on any atom is -0.506 e. The second-order valence-electron chi connectivity index (χ2n) is 4.13. The summed E-state index contributed by atoms with van der Waals surface area (Å²) in [5.74, 6) is -2.54. The van der Waals surface area contributed by atoms with E-state index in [0.717, 1.165) is 7.14 Å². The average Bonchev–Trinajstić information content (AvgIpc) is 2.51. The van der Waals surface area contributed by atoms with Crippen molar-refractivity contribution in [3.05, 3.63) is 49.7 Å². The smallest absolute Gasteiger partial charge is 0.339 e. The van der Waals surface area contributed by atoms with Crippen molar-refractivity contribution in [3.8, 4) is 11.5 Å². The molecular formula is C14H8I4O6Zn. The molecule has 6 nitrogen and oxygen atoms in total. The van der Waals surface area contributed by atoms with Gasteiger partial charge >= 0.3 is 11.9 Å². The summed E-state index contributed by atoms with van der Waals surface area (Å²) in [6.07, 6.45) is 0. The molecule has 130 valence electrons. The van der Waals surface area contributed by atoms with Crippen LogP contribution in [0.1, 0.15) is 20.7 Å². The average molecular weight is 845 g/mol. The van der Waals surface area contributed by atoms with Crippen LogP contribution in [-0.4, -0.2) is 32.4 Å².